The molecule has 0 spiro atoms. The van der Waals surface area contributed by atoms with Gasteiger partial charge in [-0.15, -0.1) is 0 Å². The van der Waals surface area contributed by atoms with Crippen LogP contribution in [0.4, 0.5) is 0 Å². The van der Waals surface area contributed by atoms with Gasteiger partial charge >= 0.3 is 0 Å². The van der Waals surface area contributed by atoms with Gasteiger partial charge in [-0.3, -0.25) is 4.79 Å². The van der Waals surface area contributed by atoms with Gasteiger partial charge in [0.15, 0.2) is 0 Å². The zero-order valence-electron chi connectivity index (χ0n) is 7.05. The van der Waals surface area contributed by atoms with Gasteiger partial charge in [0.25, 0.3) is 0 Å². The predicted molar refractivity (Wildman–Crippen MR) is 45.2 cm³/mol. The minimum Gasteiger partial charge on any atom is -0.339 e. The van der Waals surface area contributed by atoms with Crippen LogP contribution >= 0.6 is 0 Å². The third-order valence-corrected chi connectivity index (χ3v) is 1.98. The van der Waals surface area contributed by atoms with Gasteiger partial charge in [0, 0.05) is 13.1 Å². The standard InChI is InChI=1S/C9H15NO/c1-2-6-9(11)10-7-4-3-5-8-10/h2,6H,3-5,7-8H2,1H3/b6-2+. The largest absolute Gasteiger partial charge is 0.339 e. The molecule has 1 heterocycles. The number of allylic oxidation sites excluding steroid dienone is 1. The van der Waals surface area contributed by atoms with Gasteiger partial charge in [-0.05, 0) is 32.3 Å². The van der Waals surface area contributed by atoms with Gasteiger partial charge in [0.2, 0.25) is 5.91 Å². The van der Waals surface area contributed by atoms with Crippen LogP contribution in [-0.4, -0.2) is 23.9 Å². The molecule has 0 bridgehead atoms. The summed E-state index contributed by atoms with van der Waals surface area (Å²) in [5.41, 5.74) is 0. The quantitative estimate of drug-likeness (QED) is 0.524. The second-order valence-corrected chi connectivity index (χ2v) is 2.89. The van der Waals surface area contributed by atoms with Crippen molar-refractivity contribution in [2.24, 2.45) is 0 Å². The zero-order chi connectivity index (χ0) is 8.10. The van der Waals surface area contributed by atoms with Crippen molar-refractivity contribution in [3.8, 4) is 0 Å². The van der Waals surface area contributed by atoms with E-state index in [4.69, 9.17) is 0 Å². The number of carbonyl (C=O) groups excluding carboxylic acids is 1. The lowest BCUT2D eigenvalue weighted by Gasteiger charge is -2.25. The van der Waals surface area contributed by atoms with E-state index in [0.717, 1.165) is 13.1 Å². The molecule has 0 atom stereocenters. The molecule has 1 rings (SSSR count). The Morgan fingerprint density at radius 2 is 1.91 bits per heavy atom. The Balaban J connectivity index is 2.38. The summed E-state index contributed by atoms with van der Waals surface area (Å²) in [6.45, 7) is 3.77. The van der Waals surface area contributed by atoms with Crippen LogP contribution in [0.2, 0.25) is 0 Å². The van der Waals surface area contributed by atoms with E-state index < -0.39 is 0 Å². The molecule has 0 radical (unpaired) electrons. The van der Waals surface area contributed by atoms with Crippen LogP contribution in [0.3, 0.4) is 0 Å². The Hall–Kier alpha value is -0.790. The van der Waals surface area contributed by atoms with E-state index in [2.05, 4.69) is 0 Å². The molecule has 11 heavy (non-hydrogen) atoms. The van der Waals surface area contributed by atoms with Crippen LogP contribution in [0, 0.1) is 0 Å². The minimum atomic E-state index is 0.173. The smallest absolute Gasteiger partial charge is 0.246 e. The number of likely N-dealkylation sites (tertiary alicyclic amines) is 1. The molecule has 2 heteroatoms. The topological polar surface area (TPSA) is 20.3 Å². The SMILES string of the molecule is C/C=C/C(=O)N1CCCCC1. The van der Waals surface area contributed by atoms with Gasteiger partial charge in [-0.2, -0.15) is 0 Å². The number of hydrogen-bond acceptors (Lipinski definition) is 1. The lowest BCUT2D eigenvalue weighted by atomic mass is 10.1. The summed E-state index contributed by atoms with van der Waals surface area (Å²) in [7, 11) is 0. The number of piperidine rings is 1. The molecule has 0 N–H and O–H groups in total. The first-order chi connectivity index (χ1) is 5.34. The number of carbonyl (C=O) groups is 1. The van der Waals surface area contributed by atoms with Crippen molar-refractivity contribution in [1.82, 2.24) is 4.90 Å². The summed E-state index contributed by atoms with van der Waals surface area (Å²) in [6, 6.07) is 0. The van der Waals surface area contributed by atoms with Crippen molar-refractivity contribution in [2.45, 2.75) is 26.2 Å². The average Bonchev–Trinajstić information content (AvgIpc) is 2.07. The molecular weight excluding hydrogens is 138 g/mol. The maximum atomic E-state index is 11.2. The van der Waals surface area contributed by atoms with E-state index in [0.29, 0.717) is 0 Å². The first kappa shape index (κ1) is 8.31. The maximum absolute atomic E-state index is 11.2. The highest BCUT2D eigenvalue weighted by Gasteiger charge is 2.12. The third kappa shape index (κ3) is 2.37. The van der Waals surface area contributed by atoms with E-state index >= 15 is 0 Å². The van der Waals surface area contributed by atoms with Crippen molar-refractivity contribution in [3.05, 3.63) is 12.2 Å². The summed E-state index contributed by atoms with van der Waals surface area (Å²) in [4.78, 5) is 13.2. The Morgan fingerprint density at radius 1 is 1.27 bits per heavy atom. The molecule has 0 unspecified atom stereocenters. The molecule has 1 aliphatic rings. The van der Waals surface area contributed by atoms with E-state index in [1.54, 1.807) is 12.2 Å². The molecule has 0 aromatic carbocycles. The van der Waals surface area contributed by atoms with Crippen molar-refractivity contribution in [2.75, 3.05) is 13.1 Å². The minimum absolute atomic E-state index is 0.173. The van der Waals surface area contributed by atoms with Gasteiger partial charge in [0.1, 0.15) is 0 Å². The van der Waals surface area contributed by atoms with E-state index in [1.165, 1.54) is 19.3 Å². The van der Waals surface area contributed by atoms with Crippen molar-refractivity contribution in [3.63, 3.8) is 0 Å². The molecule has 1 fully saturated rings. The van der Waals surface area contributed by atoms with E-state index in [1.807, 2.05) is 11.8 Å². The molecular formula is C9H15NO. The van der Waals surface area contributed by atoms with Gasteiger partial charge < -0.3 is 4.90 Å². The summed E-state index contributed by atoms with van der Waals surface area (Å²) < 4.78 is 0. The molecule has 62 valence electrons. The molecule has 0 aliphatic carbocycles. The monoisotopic (exact) mass is 153 g/mol. The fraction of sp³-hybridized carbons (Fsp3) is 0.667. The van der Waals surface area contributed by atoms with Crippen LogP contribution in [0.1, 0.15) is 26.2 Å². The Morgan fingerprint density at radius 3 is 2.45 bits per heavy atom. The summed E-state index contributed by atoms with van der Waals surface area (Å²) in [5.74, 6) is 0.173. The van der Waals surface area contributed by atoms with Gasteiger partial charge in [-0.25, -0.2) is 0 Å². The molecule has 1 aliphatic heterocycles. The molecule has 0 aromatic rings. The van der Waals surface area contributed by atoms with Crippen molar-refractivity contribution in [1.29, 1.82) is 0 Å². The second-order valence-electron chi connectivity index (χ2n) is 2.89. The second kappa shape index (κ2) is 4.16. The van der Waals surface area contributed by atoms with Crippen LogP contribution in [0.15, 0.2) is 12.2 Å². The predicted octanol–water partition coefficient (Wildman–Crippen LogP) is 1.58. The Bertz CT molecular complexity index is 157. The molecule has 0 saturated carbocycles. The maximum Gasteiger partial charge on any atom is 0.246 e. The summed E-state index contributed by atoms with van der Waals surface area (Å²) in [5, 5.41) is 0. The van der Waals surface area contributed by atoms with Crippen LogP contribution in [-0.2, 0) is 4.79 Å². The highest BCUT2D eigenvalue weighted by Crippen LogP contribution is 2.08. The van der Waals surface area contributed by atoms with E-state index in [-0.39, 0.29) is 5.91 Å². The molecule has 0 aromatic heterocycles. The van der Waals surface area contributed by atoms with Crippen molar-refractivity contribution >= 4 is 5.91 Å². The number of nitrogens with zero attached hydrogens (tertiary/aromatic N) is 1. The number of amides is 1. The Kier molecular flexibility index (Phi) is 3.14. The third-order valence-electron chi connectivity index (χ3n) is 1.98. The average molecular weight is 153 g/mol. The molecule has 2 nitrogen and oxygen atoms in total. The van der Waals surface area contributed by atoms with Crippen LogP contribution < -0.4 is 0 Å². The summed E-state index contributed by atoms with van der Waals surface area (Å²) >= 11 is 0. The fourth-order valence-corrected chi connectivity index (χ4v) is 1.36. The fourth-order valence-electron chi connectivity index (χ4n) is 1.36. The van der Waals surface area contributed by atoms with Gasteiger partial charge in [0.05, 0.1) is 0 Å². The normalized spacial score (nSPS) is 19.2. The zero-order valence-corrected chi connectivity index (χ0v) is 7.05. The highest BCUT2D eigenvalue weighted by molar-refractivity contribution is 5.87. The summed E-state index contributed by atoms with van der Waals surface area (Å²) in [6.07, 6.45) is 7.06. The van der Waals surface area contributed by atoms with Crippen molar-refractivity contribution < 1.29 is 4.79 Å². The first-order valence-corrected chi connectivity index (χ1v) is 4.26. The van der Waals surface area contributed by atoms with Gasteiger partial charge in [-0.1, -0.05) is 6.08 Å². The highest BCUT2D eigenvalue weighted by atomic mass is 16.2. The van der Waals surface area contributed by atoms with Crippen LogP contribution in [0.25, 0.3) is 0 Å². The number of rotatable bonds is 1. The molecule has 1 amide bonds. The Labute approximate surface area is 67.9 Å². The van der Waals surface area contributed by atoms with E-state index in [9.17, 15) is 4.79 Å². The lowest BCUT2D eigenvalue weighted by molar-refractivity contribution is -0.126. The van der Waals surface area contributed by atoms with Crippen LogP contribution in [0.5, 0.6) is 0 Å². The first-order valence-electron chi connectivity index (χ1n) is 4.26. The lowest BCUT2D eigenvalue weighted by Crippen LogP contribution is -2.34. The number of hydrogen-bond donors (Lipinski definition) is 0. The molecule has 1 saturated heterocycles.